The second-order valence-electron chi connectivity index (χ2n) is 7.85. The second kappa shape index (κ2) is 8.68. The lowest BCUT2D eigenvalue weighted by molar-refractivity contribution is -0.111. The van der Waals surface area contributed by atoms with Crippen molar-refractivity contribution in [2.24, 2.45) is 22.7 Å². The van der Waals surface area contributed by atoms with E-state index in [-0.39, 0.29) is 5.92 Å². The summed E-state index contributed by atoms with van der Waals surface area (Å²) in [5, 5.41) is 0. The number of aldehydes is 1. The average molecular weight is 258 g/mol. The first kappa shape index (κ1) is 20.0. The second-order valence-corrected chi connectivity index (χ2v) is 7.85. The highest BCUT2D eigenvalue weighted by Crippen LogP contribution is 2.17. The average Bonchev–Trinajstić information content (AvgIpc) is 2.13. The van der Waals surface area contributed by atoms with Crippen LogP contribution in [-0.2, 0) is 9.53 Å². The topological polar surface area (TPSA) is 26.3 Å². The van der Waals surface area contributed by atoms with Crippen LogP contribution >= 0.6 is 0 Å². The van der Waals surface area contributed by atoms with Crippen molar-refractivity contribution in [3.8, 4) is 0 Å². The predicted molar refractivity (Wildman–Crippen MR) is 79.8 cm³/mol. The first-order valence-corrected chi connectivity index (χ1v) is 6.92. The minimum absolute atomic E-state index is 0.222. The van der Waals surface area contributed by atoms with Gasteiger partial charge in [-0.3, -0.25) is 0 Å². The van der Waals surface area contributed by atoms with Crippen molar-refractivity contribution in [1.29, 1.82) is 0 Å². The standard InChI is InChI=1S/C10H22O.C6H12O/c1-9(2,3)7-11-8-10(4,5)6;1-5(2)6(3)4-7/h7-8H2,1-6H3;4-6H,1-3H3. The molecule has 0 aromatic carbocycles. The first-order valence-electron chi connectivity index (χ1n) is 6.92. The van der Waals surface area contributed by atoms with E-state index in [2.05, 4.69) is 41.5 Å². The van der Waals surface area contributed by atoms with Crippen LogP contribution < -0.4 is 0 Å². The van der Waals surface area contributed by atoms with Crippen molar-refractivity contribution in [1.82, 2.24) is 0 Å². The molecule has 0 saturated carbocycles. The highest BCUT2D eigenvalue weighted by molar-refractivity contribution is 5.52. The van der Waals surface area contributed by atoms with Gasteiger partial charge in [0.2, 0.25) is 0 Å². The van der Waals surface area contributed by atoms with Gasteiger partial charge in [0.15, 0.2) is 0 Å². The summed E-state index contributed by atoms with van der Waals surface area (Å²) < 4.78 is 5.56. The third-order valence-electron chi connectivity index (χ3n) is 2.34. The summed E-state index contributed by atoms with van der Waals surface area (Å²) in [5.74, 6) is 0.720. The van der Waals surface area contributed by atoms with Gasteiger partial charge in [-0.2, -0.15) is 0 Å². The lowest BCUT2D eigenvalue weighted by Gasteiger charge is -2.23. The highest BCUT2D eigenvalue weighted by atomic mass is 16.5. The van der Waals surface area contributed by atoms with E-state index < -0.39 is 0 Å². The maximum atomic E-state index is 9.95. The van der Waals surface area contributed by atoms with Crippen molar-refractivity contribution in [3.05, 3.63) is 0 Å². The molecule has 0 fully saturated rings. The molecule has 0 radical (unpaired) electrons. The summed E-state index contributed by atoms with van der Waals surface area (Å²) in [6.07, 6.45) is 0.991. The summed E-state index contributed by atoms with van der Waals surface area (Å²) in [4.78, 5) is 9.95. The van der Waals surface area contributed by atoms with E-state index in [4.69, 9.17) is 4.74 Å². The molecule has 0 spiro atoms. The number of hydrogen-bond acceptors (Lipinski definition) is 2. The molecule has 0 aliphatic rings. The molecule has 0 aromatic heterocycles. The smallest absolute Gasteiger partial charge is 0.123 e. The van der Waals surface area contributed by atoms with E-state index >= 15 is 0 Å². The molecular formula is C16H34O2. The molecule has 2 heteroatoms. The Bertz CT molecular complexity index is 192. The van der Waals surface area contributed by atoms with Crippen LogP contribution in [-0.4, -0.2) is 19.5 Å². The van der Waals surface area contributed by atoms with Gasteiger partial charge in [0.25, 0.3) is 0 Å². The minimum atomic E-state index is 0.222. The van der Waals surface area contributed by atoms with Gasteiger partial charge in [0.05, 0.1) is 13.2 Å². The normalized spacial score (nSPS) is 13.9. The summed E-state index contributed by atoms with van der Waals surface area (Å²) in [7, 11) is 0. The summed E-state index contributed by atoms with van der Waals surface area (Å²) in [6.45, 7) is 20.9. The molecule has 1 unspecified atom stereocenters. The molecule has 0 aliphatic carbocycles. The zero-order chi connectivity index (χ0) is 15.0. The van der Waals surface area contributed by atoms with Crippen LogP contribution in [0.5, 0.6) is 0 Å². The quantitative estimate of drug-likeness (QED) is 0.690. The van der Waals surface area contributed by atoms with Gasteiger partial charge in [-0.1, -0.05) is 62.3 Å². The molecule has 0 bridgehead atoms. The largest absolute Gasteiger partial charge is 0.380 e. The zero-order valence-electron chi connectivity index (χ0n) is 14.0. The number of ether oxygens (including phenoxy) is 1. The van der Waals surface area contributed by atoms with Gasteiger partial charge in [-0.05, 0) is 16.7 Å². The van der Waals surface area contributed by atoms with Crippen molar-refractivity contribution < 1.29 is 9.53 Å². The molecule has 0 saturated heterocycles. The Hall–Kier alpha value is -0.370. The van der Waals surface area contributed by atoms with Gasteiger partial charge >= 0.3 is 0 Å². The van der Waals surface area contributed by atoms with Crippen LogP contribution in [0, 0.1) is 22.7 Å². The molecular weight excluding hydrogens is 224 g/mol. The molecule has 0 N–H and O–H groups in total. The van der Waals surface area contributed by atoms with Crippen LogP contribution in [0.3, 0.4) is 0 Å². The molecule has 18 heavy (non-hydrogen) atoms. The van der Waals surface area contributed by atoms with Crippen molar-refractivity contribution >= 4 is 6.29 Å². The molecule has 0 aromatic rings. The molecule has 0 amide bonds. The highest BCUT2D eigenvalue weighted by Gasteiger charge is 2.14. The Morgan fingerprint density at radius 2 is 1.22 bits per heavy atom. The van der Waals surface area contributed by atoms with E-state index in [1.807, 2.05) is 20.8 Å². The van der Waals surface area contributed by atoms with Gasteiger partial charge < -0.3 is 9.53 Å². The van der Waals surface area contributed by atoms with Crippen LogP contribution in [0.15, 0.2) is 0 Å². The minimum Gasteiger partial charge on any atom is -0.380 e. The maximum absolute atomic E-state index is 9.95. The lowest BCUT2D eigenvalue weighted by atomic mass is 9.97. The molecule has 1 atom stereocenters. The van der Waals surface area contributed by atoms with E-state index in [0.29, 0.717) is 16.7 Å². The summed E-state index contributed by atoms with van der Waals surface area (Å²) in [5.41, 5.74) is 0.594. The summed E-state index contributed by atoms with van der Waals surface area (Å²) >= 11 is 0. The third-order valence-corrected chi connectivity index (χ3v) is 2.34. The van der Waals surface area contributed by atoms with Gasteiger partial charge in [-0.25, -0.2) is 0 Å². The van der Waals surface area contributed by atoms with Crippen molar-refractivity contribution in [2.75, 3.05) is 13.2 Å². The van der Waals surface area contributed by atoms with Gasteiger partial charge in [0, 0.05) is 5.92 Å². The SMILES string of the molecule is CC(C)(C)COCC(C)(C)C.CC(C)C(C)C=O. The molecule has 2 nitrogen and oxygen atoms in total. The number of hydrogen-bond donors (Lipinski definition) is 0. The zero-order valence-corrected chi connectivity index (χ0v) is 14.0. The number of carbonyl (C=O) groups is 1. The molecule has 0 rings (SSSR count). The first-order chi connectivity index (χ1) is 7.89. The molecule has 0 aliphatic heterocycles. The fourth-order valence-electron chi connectivity index (χ4n) is 0.821. The Morgan fingerprint density at radius 3 is 1.33 bits per heavy atom. The maximum Gasteiger partial charge on any atom is 0.123 e. The van der Waals surface area contributed by atoms with Crippen LogP contribution in [0.2, 0.25) is 0 Å². The van der Waals surface area contributed by atoms with Crippen LogP contribution in [0.25, 0.3) is 0 Å². The Balaban J connectivity index is 0. The fourth-order valence-corrected chi connectivity index (χ4v) is 0.821. The third kappa shape index (κ3) is 18.0. The van der Waals surface area contributed by atoms with Gasteiger partial charge in [-0.15, -0.1) is 0 Å². The van der Waals surface area contributed by atoms with Crippen molar-refractivity contribution in [3.63, 3.8) is 0 Å². The molecule has 0 heterocycles. The van der Waals surface area contributed by atoms with E-state index in [0.717, 1.165) is 19.5 Å². The predicted octanol–water partition coefficient (Wildman–Crippen LogP) is 4.57. The lowest BCUT2D eigenvalue weighted by Crippen LogP contribution is -2.21. The van der Waals surface area contributed by atoms with E-state index in [9.17, 15) is 4.79 Å². The van der Waals surface area contributed by atoms with Crippen LogP contribution in [0.4, 0.5) is 0 Å². The Labute approximate surface area is 114 Å². The summed E-state index contributed by atoms with van der Waals surface area (Å²) in [6, 6.07) is 0. The van der Waals surface area contributed by atoms with Crippen molar-refractivity contribution in [2.45, 2.75) is 62.3 Å². The fraction of sp³-hybridized carbons (Fsp3) is 0.938. The number of carbonyl (C=O) groups excluding carboxylic acids is 1. The van der Waals surface area contributed by atoms with Crippen LogP contribution in [0.1, 0.15) is 62.3 Å². The van der Waals surface area contributed by atoms with E-state index in [1.54, 1.807) is 0 Å². The molecule has 110 valence electrons. The number of rotatable bonds is 4. The van der Waals surface area contributed by atoms with Gasteiger partial charge in [0.1, 0.15) is 6.29 Å². The Morgan fingerprint density at radius 1 is 0.889 bits per heavy atom. The monoisotopic (exact) mass is 258 g/mol. The van der Waals surface area contributed by atoms with E-state index in [1.165, 1.54) is 0 Å². The Kier molecular flexibility index (Phi) is 9.63.